The number of nitrogens with one attached hydrogen (secondary N) is 2. The van der Waals surface area contributed by atoms with Crippen LogP contribution in [0.3, 0.4) is 0 Å². The van der Waals surface area contributed by atoms with Crippen molar-refractivity contribution in [1.82, 2.24) is 10.6 Å². The van der Waals surface area contributed by atoms with Gasteiger partial charge in [0.2, 0.25) is 5.91 Å². The van der Waals surface area contributed by atoms with Gasteiger partial charge >= 0.3 is 5.97 Å². The third kappa shape index (κ3) is 8.73. The van der Waals surface area contributed by atoms with Crippen LogP contribution < -0.4 is 10.6 Å². The normalized spacial score (nSPS) is 25.1. The van der Waals surface area contributed by atoms with E-state index in [1.807, 2.05) is 20.8 Å². The Morgan fingerprint density at radius 2 is 1.41 bits per heavy atom. The molecule has 1 heterocycles. The van der Waals surface area contributed by atoms with Gasteiger partial charge in [-0.05, 0) is 57.0 Å². The van der Waals surface area contributed by atoms with Crippen molar-refractivity contribution in [2.75, 3.05) is 6.61 Å². The fourth-order valence-corrected chi connectivity index (χ4v) is 5.76. The molecule has 1 aliphatic heterocycles. The molecule has 34 heavy (non-hydrogen) atoms. The van der Waals surface area contributed by atoms with Crippen LogP contribution in [0.5, 0.6) is 0 Å². The maximum atomic E-state index is 13.1. The van der Waals surface area contributed by atoms with Gasteiger partial charge in [0.05, 0.1) is 24.8 Å². The Morgan fingerprint density at radius 3 is 1.82 bits per heavy atom. The van der Waals surface area contributed by atoms with Crippen molar-refractivity contribution < 1.29 is 23.2 Å². The molecule has 0 radical (unpaired) electrons. The van der Waals surface area contributed by atoms with E-state index in [1.165, 1.54) is 6.92 Å². The van der Waals surface area contributed by atoms with Gasteiger partial charge < -0.3 is 18.9 Å². The molecule has 1 rings (SSSR count). The van der Waals surface area contributed by atoms with Crippen LogP contribution in [-0.4, -0.2) is 64.9 Å². The molecule has 200 valence electrons. The summed E-state index contributed by atoms with van der Waals surface area (Å²) in [6.45, 7) is 29.5. The molecular weight excluding hydrogens is 464 g/mol. The zero-order valence-corrected chi connectivity index (χ0v) is 26.3. The quantitative estimate of drug-likeness (QED) is 0.367. The number of hydrogen-bond donors (Lipinski definition) is 2. The summed E-state index contributed by atoms with van der Waals surface area (Å²) in [5.41, 5.74) is -0.587. The minimum atomic E-state index is -2.18. The molecule has 0 aromatic carbocycles. The smallest absolute Gasteiger partial charge is 0.323 e. The van der Waals surface area contributed by atoms with E-state index in [4.69, 9.17) is 13.6 Å². The maximum Gasteiger partial charge on any atom is 0.323 e. The molecule has 1 saturated heterocycles. The van der Waals surface area contributed by atoms with Crippen LogP contribution >= 0.6 is 0 Å². The van der Waals surface area contributed by atoms with Crippen LogP contribution in [0, 0.1) is 0 Å². The van der Waals surface area contributed by atoms with Gasteiger partial charge in [-0.1, -0.05) is 41.5 Å². The van der Waals surface area contributed by atoms with Crippen LogP contribution in [0.25, 0.3) is 0 Å². The highest BCUT2D eigenvalue weighted by molar-refractivity contribution is 6.74. The molecule has 7 nitrogen and oxygen atoms in total. The first-order valence-corrected chi connectivity index (χ1v) is 18.4. The van der Waals surface area contributed by atoms with Gasteiger partial charge in [-0.15, -0.1) is 0 Å². The molecule has 1 amide bonds. The van der Waals surface area contributed by atoms with E-state index in [2.05, 4.69) is 78.4 Å². The van der Waals surface area contributed by atoms with Gasteiger partial charge in [-0.2, -0.15) is 0 Å². The van der Waals surface area contributed by atoms with Gasteiger partial charge in [0.15, 0.2) is 16.6 Å². The van der Waals surface area contributed by atoms with E-state index >= 15 is 0 Å². The number of hydrogen-bond acceptors (Lipinski definition) is 6. The predicted molar refractivity (Wildman–Crippen MR) is 144 cm³/mol. The van der Waals surface area contributed by atoms with Gasteiger partial charge in [0.1, 0.15) is 11.6 Å². The second kappa shape index (κ2) is 10.7. The Kier molecular flexibility index (Phi) is 9.85. The summed E-state index contributed by atoms with van der Waals surface area (Å²) in [7, 11) is -4.22. The van der Waals surface area contributed by atoms with Crippen molar-refractivity contribution >= 4 is 28.5 Å². The van der Waals surface area contributed by atoms with E-state index in [1.54, 1.807) is 0 Å². The fraction of sp³-hybridized carbons (Fsp3) is 0.920. The summed E-state index contributed by atoms with van der Waals surface area (Å²) < 4.78 is 19.1. The SMILES string of the molecule is CC(=O)N[C@H]1[C@H](CO[Si](C)(C)C(C)(C)C)N[C@H](C(=O)OC(C)(C)C)C[C@@H]1O[Si](C)(C)C(C)(C)C. The summed E-state index contributed by atoms with van der Waals surface area (Å²) >= 11 is 0. The number of carbonyl (C=O) groups excluding carboxylic acids is 2. The van der Waals surface area contributed by atoms with Crippen molar-refractivity contribution in [3.8, 4) is 0 Å². The maximum absolute atomic E-state index is 13.1. The number of carbonyl (C=O) groups is 2. The van der Waals surface area contributed by atoms with Gasteiger partial charge in [0.25, 0.3) is 0 Å². The van der Waals surface area contributed by atoms with Gasteiger partial charge in [-0.3, -0.25) is 14.9 Å². The third-order valence-corrected chi connectivity index (χ3v) is 16.5. The molecule has 9 heteroatoms. The van der Waals surface area contributed by atoms with Crippen molar-refractivity contribution in [2.45, 2.75) is 142 Å². The molecule has 2 N–H and O–H groups in total. The Morgan fingerprint density at radius 1 is 0.912 bits per heavy atom. The molecule has 0 aromatic heterocycles. The first kappa shape index (κ1) is 31.3. The highest BCUT2D eigenvalue weighted by Gasteiger charge is 2.48. The minimum Gasteiger partial charge on any atom is -0.459 e. The molecule has 0 aliphatic carbocycles. The van der Waals surface area contributed by atoms with Crippen LogP contribution in [-0.2, 0) is 23.2 Å². The zero-order chi connectivity index (χ0) is 26.9. The number of ether oxygens (including phenoxy) is 1. The first-order chi connectivity index (χ1) is 15.0. The summed E-state index contributed by atoms with van der Waals surface area (Å²) in [5, 5.41) is 6.61. The summed E-state index contributed by atoms with van der Waals surface area (Å²) in [6, 6.07) is -1.12. The van der Waals surface area contributed by atoms with Crippen molar-refractivity contribution in [2.24, 2.45) is 0 Å². The monoisotopic (exact) mass is 516 g/mol. The second-order valence-electron chi connectivity index (χ2n) is 13.8. The summed E-state index contributed by atoms with van der Waals surface area (Å²) in [4.78, 5) is 25.3. The third-order valence-electron chi connectivity index (χ3n) is 7.46. The van der Waals surface area contributed by atoms with Crippen LogP contribution in [0.2, 0.25) is 36.3 Å². The summed E-state index contributed by atoms with van der Waals surface area (Å²) in [6.07, 6.45) is 0.111. The highest BCUT2D eigenvalue weighted by Crippen LogP contribution is 2.40. The fourth-order valence-electron chi connectivity index (χ4n) is 3.38. The van der Waals surface area contributed by atoms with Crippen molar-refractivity contribution in [3.63, 3.8) is 0 Å². The lowest BCUT2D eigenvalue weighted by Crippen LogP contribution is -2.68. The Bertz CT molecular complexity index is 720. The lowest BCUT2D eigenvalue weighted by molar-refractivity contribution is -0.160. The van der Waals surface area contributed by atoms with E-state index in [0.29, 0.717) is 13.0 Å². The van der Waals surface area contributed by atoms with E-state index in [0.717, 1.165) is 0 Å². The number of rotatable bonds is 7. The van der Waals surface area contributed by atoms with Crippen LogP contribution in [0.4, 0.5) is 0 Å². The Balaban J connectivity index is 3.34. The average molecular weight is 517 g/mol. The lowest BCUT2D eigenvalue weighted by Gasteiger charge is -2.48. The highest BCUT2D eigenvalue weighted by atomic mass is 28.4. The Labute approximate surface area is 210 Å². The van der Waals surface area contributed by atoms with Crippen LogP contribution in [0.15, 0.2) is 0 Å². The van der Waals surface area contributed by atoms with Crippen molar-refractivity contribution in [3.05, 3.63) is 0 Å². The van der Waals surface area contributed by atoms with Crippen LogP contribution in [0.1, 0.15) is 75.7 Å². The molecule has 1 aliphatic rings. The number of piperidine rings is 1. The Hall–Kier alpha value is -0.746. The average Bonchev–Trinajstić information content (AvgIpc) is 2.57. The van der Waals surface area contributed by atoms with E-state index in [9.17, 15) is 9.59 Å². The largest absolute Gasteiger partial charge is 0.459 e. The first-order valence-electron chi connectivity index (χ1n) is 12.5. The van der Waals surface area contributed by atoms with E-state index < -0.39 is 28.3 Å². The number of amides is 1. The van der Waals surface area contributed by atoms with Crippen molar-refractivity contribution in [1.29, 1.82) is 0 Å². The molecule has 0 bridgehead atoms. The molecule has 0 unspecified atom stereocenters. The van der Waals surface area contributed by atoms with E-state index in [-0.39, 0.29) is 40.1 Å². The molecule has 1 fully saturated rings. The van der Waals surface area contributed by atoms with Gasteiger partial charge in [0, 0.05) is 13.3 Å². The standard InChI is InChI=1S/C25H52N2O5Si2/c1-17(28)26-21-19(16-30-33(11,12)24(5,6)7)27-18(22(29)31-23(2,3)4)15-20(21)32-34(13,14)25(8,9)10/h18-21,27H,15-16H2,1-14H3,(H,26,28)/t18-,19-,20-,21-/m0/s1. The summed E-state index contributed by atoms with van der Waals surface area (Å²) in [5.74, 6) is -0.418. The molecular formula is C25H52N2O5Si2. The zero-order valence-electron chi connectivity index (χ0n) is 24.3. The minimum absolute atomic E-state index is 0.00675. The topological polar surface area (TPSA) is 85.9 Å². The lowest BCUT2D eigenvalue weighted by atomic mass is 9.90. The second-order valence-corrected chi connectivity index (χ2v) is 23.4. The molecule has 0 saturated carbocycles. The molecule has 4 atom stereocenters. The number of esters is 1. The van der Waals surface area contributed by atoms with Gasteiger partial charge in [-0.25, -0.2) is 0 Å². The predicted octanol–water partition coefficient (Wildman–Crippen LogP) is 4.98. The molecule has 0 aromatic rings. The molecule has 0 spiro atoms.